The molecule has 4 rings (SSSR count). The van der Waals surface area contributed by atoms with Crippen LogP contribution in [0.15, 0.2) is 48.5 Å². The number of aliphatic hydroxyl groups excluding tert-OH is 1. The van der Waals surface area contributed by atoms with Crippen molar-refractivity contribution in [3.05, 3.63) is 70.8 Å². The van der Waals surface area contributed by atoms with E-state index in [-0.39, 0.29) is 6.10 Å². The minimum Gasteiger partial charge on any atom is -0.393 e. The van der Waals surface area contributed by atoms with Crippen LogP contribution in [0.5, 0.6) is 0 Å². The minimum atomic E-state index is -0.176. The van der Waals surface area contributed by atoms with Gasteiger partial charge < -0.3 is 10.0 Å². The van der Waals surface area contributed by atoms with Crippen molar-refractivity contribution in [3.8, 4) is 0 Å². The monoisotopic (exact) mass is 407 g/mol. The zero-order valence-electron chi connectivity index (χ0n) is 18.5. The molecule has 30 heavy (non-hydrogen) atoms. The van der Waals surface area contributed by atoms with E-state index in [1.165, 1.54) is 22.3 Å². The summed E-state index contributed by atoms with van der Waals surface area (Å²) in [6.45, 7) is 8.70. The number of benzene rings is 2. The molecular formula is C26H37N3O. The first kappa shape index (κ1) is 21.5. The van der Waals surface area contributed by atoms with Crippen LogP contribution in [0.2, 0.25) is 0 Å². The molecule has 0 aliphatic carbocycles. The Morgan fingerprint density at radius 1 is 1.03 bits per heavy atom. The Morgan fingerprint density at radius 3 is 2.53 bits per heavy atom. The van der Waals surface area contributed by atoms with Crippen LogP contribution in [0.3, 0.4) is 0 Å². The van der Waals surface area contributed by atoms with E-state index in [4.69, 9.17) is 0 Å². The Bertz CT molecular complexity index is 801. The Hall–Kier alpha value is -1.72. The van der Waals surface area contributed by atoms with Gasteiger partial charge in [0.05, 0.1) is 12.1 Å². The van der Waals surface area contributed by atoms with Gasteiger partial charge in [0.1, 0.15) is 0 Å². The first-order valence-electron chi connectivity index (χ1n) is 11.6. The first-order chi connectivity index (χ1) is 14.6. The molecule has 2 aromatic carbocycles. The average Bonchev–Trinajstić information content (AvgIpc) is 3.23. The highest BCUT2D eigenvalue weighted by Crippen LogP contribution is 2.29. The summed E-state index contributed by atoms with van der Waals surface area (Å²) in [5.74, 6) is 1.02. The van der Waals surface area contributed by atoms with Gasteiger partial charge in [-0.2, -0.15) is 0 Å². The molecule has 3 N–H and O–H groups in total. The standard InChI is InChI=1S/C26H37N3O/c1-19-8-10-23(16-20(19)2)26-24(17-27-28-26)18-29-14-12-22(13-15-29)25(30)11-9-21-6-4-3-5-7-21/h3-8,10,16,22,24-28,30H,9,11-15,17-18H2,1-2H3. The van der Waals surface area contributed by atoms with E-state index in [0.717, 1.165) is 51.9 Å². The van der Waals surface area contributed by atoms with Crippen molar-refractivity contribution in [2.75, 3.05) is 26.2 Å². The molecular weight excluding hydrogens is 370 g/mol. The molecule has 0 aromatic heterocycles. The number of nitrogens with zero attached hydrogens (tertiary/aromatic N) is 1. The molecule has 2 heterocycles. The molecule has 2 fully saturated rings. The summed E-state index contributed by atoms with van der Waals surface area (Å²) in [6.07, 6.45) is 3.89. The number of hydrogen-bond acceptors (Lipinski definition) is 4. The number of likely N-dealkylation sites (tertiary alicyclic amines) is 1. The summed E-state index contributed by atoms with van der Waals surface area (Å²) < 4.78 is 0. The smallest absolute Gasteiger partial charge is 0.0572 e. The molecule has 0 spiro atoms. The SMILES string of the molecule is Cc1ccc(C2NNCC2CN2CCC(C(O)CCc3ccccc3)CC2)cc1C. The lowest BCUT2D eigenvalue weighted by Crippen LogP contribution is -2.41. The molecule has 0 radical (unpaired) electrons. The van der Waals surface area contributed by atoms with E-state index in [1.54, 1.807) is 0 Å². The van der Waals surface area contributed by atoms with E-state index in [0.29, 0.717) is 17.9 Å². The maximum atomic E-state index is 10.7. The first-order valence-corrected chi connectivity index (χ1v) is 11.6. The van der Waals surface area contributed by atoms with Crippen molar-refractivity contribution in [1.29, 1.82) is 0 Å². The third-order valence-corrected chi connectivity index (χ3v) is 7.22. The van der Waals surface area contributed by atoms with Crippen molar-refractivity contribution < 1.29 is 5.11 Å². The fraction of sp³-hybridized carbons (Fsp3) is 0.538. The quantitative estimate of drug-likeness (QED) is 0.654. The summed E-state index contributed by atoms with van der Waals surface area (Å²) in [6, 6.07) is 17.8. The van der Waals surface area contributed by atoms with Crippen molar-refractivity contribution in [2.45, 2.75) is 51.7 Å². The topological polar surface area (TPSA) is 47.5 Å². The van der Waals surface area contributed by atoms with Gasteiger partial charge in [0.2, 0.25) is 0 Å². The average molecular weight is 408 g/mol. The molecule has 2 aromatic rings. The van der Waals surface area contributed by atoms with Gasteiger partial charge in [0, 0.05) is 19.0 Å². The molecule has 4 nitrogen and oxygen atoms in total. The number of piperidine rings is 1. The lowest BCUT2D eigenvalue weighted by Gasteiger charge is -2.36. The molecule has 162 valence electrons. The van der Waals surface area contributed by atoms with Crippen molar-refractivity contribution in [2.24, 2.45) is 11.8 Å². The van der Waals surface area contributed by atoms with Crippen LogP contribution in [0, 0.1) is 25.7 Å². The van der Waals surface area contributed by atoms with Crippen LogP contribution in [0.1, 0.15) is 47.6 Å². The second kappa shape index (κ2) is 10.1. The van der Waals surface area contributed by atoms with E-state index in [1.807, 2.05) is 0 Å². The third kappa shape index (κ3) is 5.30. The predicted molar refractivity (Wildman–Crippen MR) is 123 cm³/mol. The molecule has 2 aliphatic rings. The van der Waals surface area contributed by atoms with E-state index >= 15 is 0 Å². The molecule has 0 amide bonds. The molecule has 2 aliphatic heterocycles. The predicted octanol–water partition coefficient (Wildman–Crippen LogP) is 3.77. The number of rotatable bonds is 7. The Labute approximate surface area is 181 Å². The van der Waals surface area contributed by atoms with Crippen LogP contribution >= 0.6 is 0 Å². The van der Waals surface area contributed by atoms with Crippen molar-refractivity contribution in [3.63, 3.8) is 0 Å². The van der Waals surface area contributed by atoms with Crippen molar-refractivity contribution >= 4 is 0 Å². The van der Waals surface area contributed by atoms with Crippen molar-refractivity contribution in [1.82, 2.24) is 15.8 Å². The van der Waals surface area contributed by atoms with Gasteiger partial charge in [-0.25, -0.2) is 5.43 Å². The summed E-state index contributed by atoms with van der Waals surface area (Å²) in [7, 11) is 0. The Kier molecular flexibility index (Phi) is 7.21. The van der Waals surface area contributed by atoms with Crippen LogP contribution in [-0.4, -0.2) is 42.3 Å². The van der Waals surface area contributed by atoms with Gasteiger partial charge in [-0.05, 0) is 80.8 Å². The fourth-order valence-corrected chi connectivity index (χ4v) is 5.07. The van der Waals surface area contributed by atoms with Gasteiger partial charge in [0.25, 0.3) is 0 Å². The van der Waals surface area contributed by atoms with E-state index in [2.05, 4.69) is 78.1 Å². The molecule has 0 bridgehead atoms. The zero-order valence-corrected chi connectivity index (χ0v) is 18.5. The largest absolute Gasteiger partial charge is 0.393 e. The van der Waals surface area contributed by atoms with Gasteiger partial charge in [-0.1, -0.05) is 48.5 Å². The van der Waals surface area contributed by atoms with Gasteiger partial charge in [0.15, 0.2) is 0 Å². The van der Waals surface area contributed by atoms with Gasteiger partial charge in [-0.15, -0.1) is 0 Å². The van der Waals surface area contributed by atoms with E-state index in [9.17, 15) is 5.11 Å². The maximum absolute atomic E-state index is 10.7. The number of nitrogens with one attached hydrogen (secondary N) is 2. The highest BCUT2D eigenvalue weighted by Gasteiger charge is 2.32. The second-order valence-electron chi connectivity index (χ2n) is 9.34. The van der Waals surface area contributed by atoms with Gasteiger partial charge in [-0.3, -0.25) is 5.43 Å². The minimum absolute atomic E-state index is 0.176. The van der Waals surface area contributed by atoms with Crippen LogP contribution < -0.4 is 10.9 Å². The number of hydrogen-bond donors (Lipinski definition) is 3. The lowest BCUT2D eigenvalue weighted by atomic mass is 9.87. The van der Waals surface area contributed by atoms with Crippen LogP contribution in [0.25, 0.3) is 0 Å². The highest BCUT2D eigenvalue weighted by atomic mass is 16.3. The molecule has 2 saturated heterocycles. The molecule has 4 heteroatoms. The lowest BCUT2D eigenvalue weighted by molar-refractivity contribution is 0.0496. The summed E-state index contributed by atoms with van der Waals surface area (Å²) in [4.78, 5) is 2.60. The van der Waals surface area contributed by atoms with E-state index < -0.39 is 0 Å². The summed E-state index contributed by atoms with van der Waals surface area (Å²) in [5.41, 5.74) is 12.3. The summed E-state index contributed by atoms with van der Waals surface area (Å²) in [5, 5.41) is 10.7. The summed E-state index contributed by atoms with van der Waals surface area (Å²) >= 11 is 0. The van der Waals surface area contributed by atoms with Crippen LogP contribution in [-0.2, 0) is 6.42 Å². The Balaban J connectivity index is 1.25. The fourth-order valence-electron chi connectivity index (χ4n) is 5.07. The number of aryl methyl sites for hydroxylation is 3. The third-order valence-electron chi connectivity index (χ3n) is 7.22. The highest BCUT2D eigenvalue weighted by molar-refractivity contribution is 5.32. The van der Waals surface area contributed by atoms with Crippen LogP contribution in [0.4, 0.5) is 0 Å². The Morgan fingerprint density at radius 2 is 1.80 bits per heavy atom. The number of aliphatic hydroxyl groups is 1. The number of hydrazine groups is 1. The zero-order chi connectivity index (χ0) is 20.9. The van der Waals surface area contributed by atoms with Gasteiger partial charge >= 0.3 is 0 Å². The normalized spacial score (nSPS) is 24.2. The molecule has 3 unspecified atom stereocenters. The maximum Gasteiger partial charge on any atom is 0.0572 e. The molecule has 0 saturated carbocycles. The molecule has 3 atom stereocenters. The second-order valence-corrected chi connectivity index (χ2v) is 9.34.